The molecule has 0 fully saturated rings. The van der Waals surface area contributed by atoms with Crippen molar-refractivity contribution in [2.75, 3.05) is 20.3 Å². The fraction of sp³-hybridized carbons (Fsp3) is 0.400. The smallest absolute Gasteiger partial charge is 0.161 e. The summed E-state index contributed by atoms with van der Waals surface area (Å²) >= 11 is 1.62. The van der Waals surface area contributed by atoms with Crippen LogP contribution < -0.4 is 24.3 Å². The van der Waals surface area contributed by atoms with Gasteiger partial charge >= 0.3 is 0 Å². The first-order valence-electron chi connectivity index (χ1n) is 10.9. The van der Waals surface area contributed by atoms with Gasteiger partial charge in [-0.15, -0.1) is 11.3 Å². The first-order chi connectivity index (χ1) is 15.5. The molecule has 0 saturated carbocycles. The predicted octanol–water partition coefficient (Wildman–Crippen LogP) is 5.30. The molecule has 4 rings (SSSR count). The van der Waals surface area contributed by atoms with Gasteiger partial charge in [-0.05, 0) is 48.2 Å². The molecule has 1 atom stereocenters. The number of hydrogen-bond donors (Lipinski definition) is 1. The van der Waals surface area contributed by atoms with Crippen molar-refractivity contribution in [2.24, 2.45) is 5.92 Å². The Morgan fingerprint density at radius 1 is 1.06 bits per heavy atom. The lowest BCUT2D eigenvalue weighted by atomic mass is 9.95. The Morgan fingerprint density at radius 2 is 1.88 bits per heavy atom. The highest BCUT2D eigenvalue weighted by Crippen LogP contribution is 2.35. The zero-order valence-electron chi connectivity index (χ0n) is 19.0. The Labute approximate surface area is 193 Å². The Hall–Kier alpha value is -2.77. The first-order valence-corrected chi connectivity index (χ1v) is 11.7. The third-order valence-electron chi connectivity index (χ3n) is 5.39. The highest BCUT2D eigenvalue weighted by Gasteiger charge is 2.19. The van der Waals surface area contributed by atoms with Gasteiger partial charge in [-0.2, -0.15) is 0 Å². The number of ether oxygens (including phenoxy) is 4. The molecule has 0 unspecified atom stereocenters. The average molecular weight is 455 g/mol. The number of hydrogen-bond acceptors (Lipinski definition) is 7. The van der Waals surface area contributed by atoms with Crippen LogP contribution in [0.3, 0.4) is 0 Å². The molecule has 6 nitrogen and oxygen atoms in total. The summed E-state index contributed by atoms with van der Waals surface area (Å²) in [6.07, 6.45) is 0. The van der Waals surface area contributed by atoms with Gasteiger partial charge < -0.3 is 24.3 Å². The normalized spacial score (nSPS) is 13.8. The van der Waals surface area contributed by atoms with Crippen molar-refractivity contribution in [3.8, 4) is 23.0 Å². The van der Waals surface area contributed by atoms with Gasteiger partial charge in [0.2, 0.25) is 0 Å². The van der Waals surface area contributed by atoms with E-state index in [0.717, 1.165) is 33.5 Å². The summed E-state index contributed by atoms with van der Waals surface area (Å²) in [7, 11) is 1.67. The highest BCUT2D eigenvalue weighted by molar-refractivity contribution is 7.09. The lowest BCUT2D eigenvalue weighted by Crippen LogP contribution is -2.26. The summed E-state index contributed by atoms with van der Waals surface area (Å²) in [5.74, 6) is 3.48. The van der Waals surface area contributed by atoms with E-state index in [4.69, 9.17) is 18.9 Å². The largest absolute Gasteiger partial charge is 0.493 e. The summed E-state index contributed by atoms with van der Waals surface area (Å²) in [6, 6.07) is 12.4. The second-order valence-electron chi connectivity index (χ2n) is 8.14. The van der Waals surface area contributed by atoms with Gasteiger partial charge in [0.15, 0.2) is 23.0 Å². The fourth-order valence-electron chi connectivity index (χ4n) is 3.79. The van der Waals surface area contributed by atoms with E-state index >= 15 is 0 Å². The van der Waals surface area contributed by atoms with Gasteiger partial charge in [-0.25, -0.2) is 4.98 Å². The van der Waals surface area contributed by atoms with E-state index in [2.05, 4.69) is 42.3 Å². The van der Waals surface area contributed by atoms with Gasteiger partial charge in [-0.3, -0.25) is 0 Å². The van der Waals surface area contributed by atoms with E-state index in [9.17, 15) is 0 Å². The first kappa shape index (κ1) is 22.4. The van der Waals surface area contributed by atoms with Crippen molar-refractivity contribution in [1.29, 1.82) is 0 Å². The van der Waals surface area contributed by atoms with Gasteiger partial charge in [0.05, 0.1) is 17.8 Å². The highest BCUT2D eigenvalue weighted by atomic mass is 32.1. The number of benzene rings is 2. The molecule has 3 aromatic rings. The van der Waals surface area contributed by atoms with Crippen LogP contribution in [-0.2, 0) is 13.2 Å². The maximum absolute atomic E-state index is 5.94. The maximum atomic E-state index is 5.94. The van der Waals surface area contributed by atoms with Crippen molar-refractivity contribution in [3.05, 3.63) is 63.6 Å². The van der Waals surface area contributed by atoms with Crippen molar-refractivity contribution in [1.82, 2.24) is 10.3 Å². The standard InChI is InChI=1S/C25H30N2O4S/c1-16(2)25(19-6-8-22-24(12-19)30-10-9-29-22)26-13-18-5-7-21(23(11-18)28-4)31-14-20-15-32-17(3)27-20/h5-8,11-12,15-16,25-26H,9-10,13-14H2,1-4H3/t25-/m1/s1. The third kappa shape index (κ3) is 5.34. The number of nitrogens with one attached hydrogen (secondary N) is 1. The zero-order valence-corrected chi connectivity index (χ0v) is 19.8. The molecule has 1 aromatic heterocycles. The molecule has 1 aliphatic rings. The summed E-state index contributed by atoms with van der Waals surface area (Å²) in [5, 5.41) is 6.74. The SMILES string of the molecule is COc1cc(CN[C@@H](c2ccc3c(c2)OCCO3)C(C)C)ccc1OCc1csc(C)n1. The van der Waals surface area contributed by atoms with Crippen molar-refractivity contribution < 1.29 is 18.9 Å². The number of aromatic nitrogens is 1. The molecule has 0 spiro atoms. The van der Waals surface area contributed by atoms with Crippen LogP contribution in [0, 0.1) is 12.8 Å². The second kappa shape index (κ2) is 10.2. The van der Waals surface area contributed by atoms with Crippen LogP contribution >= 0.6 is 11.3 Å². The number of aryl methyl sites for hydroxylation is 1. The number of rotatable bonds is 9. The third-order valence-corrected chi connectivity index (χ3v) is 6.21. The maximum Gasteiger partial charge on any atom is 0.161 e. The predicted molar refractivity (Wildman–Crippen MR) is 126 cm³/mol. The Bertz CT molecular complexity index is 1050. The van der Waals surface area contributed by atoms with Crippen LogP contribution in [0.1, 0.15) is 41.7 Å². The number of nitrogens with zero attached hydrogens (tertiary/aromatic N) is 1. The van der Waals surface area contributed by atoms with E-state index in [-0.39, 0.29) is 6.04 Å². The summed E-state index contributed by atoms with van der Waals surface area (Å²) in [4.78, 5) is 4.45. The molecule has 170 valence electrons. The van der Waals surface area contributed by atoms with Gasteiger partial charge in [0.1, 0.15) is 19.8 Å². The Morgan fingerprint density at radius 3 is 2.59 bits per heavy atom. The lowest BCUT2D eigenvalue weighted by molar-refractivity contribution is 0.171. The molecule has 0 radical (unpaired) electrons. The summed E-state index contributed by atoms with van der Waals surface area (Å²) in [6.45, 7) is 8.75. The van der Waals surface area contributed by atoms with Crippen LogP contribution in [0.5, 0.6) is 23.0 Å². The van der Waals surface area contributed by atoms with E-state index in [1.54, 1.807) is 18.4 Å². The van der Waals surface area contributed by atoms with Crippen LogP contribution in [0.4, 0.5) is 0 Å². The molecule has 2 aromatic carbocycles. The minimum Gasteiger partial charge on any atom is -0.493 e. The molecule has 0 aliphatic carbocycles. The van der Waals surface area contributed by atoms with Crippen LogP contribution in [0.25, 0.3) is 0 Å². The van der Waals surface area contributed by atoms with Gasteiger partial charge in [-0.1, -0.05) is 26.0 Å². The topological polar surface area (TPSA) is 61.8 Å². The molecule has 0 amide bonds. The number of thiazole rings is 1. The van der Waals surface area contributed by atoms with Crippen LogP contribution in [-0.4, -0.2) is 25.3 Å². The van der Waals surface area contributed by atoms with E-state index in [1.807, 2.05) is 30.5 Å². The molecule has 1 N–H and O–H groups in total. The summed E-state index contributed by atoms with van der Waals surface area (Å²) in [5.41, 5.74) is 3.25. The number of methoxy groups -OCH3 is 1. The molecule has 1 aliphatic heterocycles. The molecule has 7 heteroatoms. The molecule has 0 bridgehead atoms. The van der Waals surface area contributed by atoms with E-state index in [1.165, 1.54) is 5.56 Å². The lowest BCUT2D eigenvalue weighted by Gasteiger charge is -2.26. The van der Waals surface area contributed by atoms with E-state index in [0.29, 0.717) is 38.0 Å². The van der Waals surface area contributed by atoms with Gasteiger partial charge in [0, 0.05) is 18.0 Å². The fourth-order valence-corrected chi connectivity index (χ4v) is 4.38. The minimum absolute atomic E-state index is 0.181. The molecular formula is C25H30N2O4S. The van der Waals surface area contributed by atoms with Crippen molar-refractivity contribution >= 4 is 11.3 Å². The van der Waals surface area contributed by atoms with Crippen LogP contribution in [0.15, 0.2) is 41.8 Å². The molecule has 2 heterocycles. The quantitative estimate of drug-likeness (QED) is 0.474. The Balaban J connectivity index is 1.43. The van der Waals surface area contributed by atoms with Crippen molar-refractivity contribution in [2.45, 2.75) is 40.0 Å². The van der Waals surface area contributed by atoms with Gasteiger partial charge in [0.25, 0.3) is 0 Å². The molecule has 32 heavy (non-hydrogen) atoms. The number of fused-ring (bicyclic) bond motifs is 1. The minimum atomic E-state index is 0.181. The average Bonchev–Trinajstić information content (AvgIpc) is 3.22. The molecular weight excluding hydrogens is 424 g/mol. The monoisotopic (exact) mass is 454 g/mol. The Kier molecular flexibility index (Phi) is 7.17. The second-order valence-corrected chi connectivity index (χ2v) is 9.20. The van der Waals surface area contributed by atoms with E-state index < -0.39 is 0 Å². The van der Waals surface area contributed by atoms with Crippen LogP contribution in [0.2, 0.25) is 0 Å². The molecule has 0 saturated heterocycles. The summed E-state index contributed by atoms with van der Waals surface area (Å²) < 4.78 is 23.0. The van der Waals surface area contributed by atoms with Crippen molar-refractivity contribution in [3.63, 3.8) is 0 Å². The zero-order chi connectivity index (χ0) is 22.5.